The average molecular weight is 366 g/mol. The van der Waals surface area contributed by atoms with Gasteiger partial charge < -0.3 is 14.5 Å². The van der Waals surface area contributed by atoms with Gasteiger partial charge in [0.1, 0.15) is 0 Å². The molecule has 1 atom stereocenters. The number of nitrogens with zero attached hydrogens (tertiary/aromatic N) is 2. The predicted octanol–water partition coefficient (Wildman–Crippen LogP) is 2.80. The van der Waals surface area contributed by atoms with E-state index in [-0.39, 0.29) is 11.8 Å². The van der Waals surface area contributed by atoms with Crippen LogP contribution >= 0.6 is 0 Å². The minimum absolute atomic E-state index is 0.0467. The van der Waals surface area contributed by atoms with Gasteiger partial charge in [0.05, 0.1) is 5.56 Å². The molecule has 1 aliphatic rings. The third-order valence-electron chi connectivity index (χ3n) is 4.46. The molecule has 1 fully saturated rings. The Hall–Kier alpha value is -3.15. The SMILES string of the molecule is CN(C)C(=O)C(OC(=O)c1cccc(N2CCCC2=O)c1)c1ccccc1. The first-order valence-electron chi connectivity index (χ1n) is 8.85. The van der Waals surface area contributed by atoms with Crippen LogP contribution in [0.15, 0.2) is 54.6 Å². The second-order valence-corrected chi connectivity index (χ2v) is 6.63. The first-order valence-corrected chi connectivity index (χ1v) is 8.85. The summed E-state index contributed by atoms with van der Waals surface area (Å²) >= 11 is 0. The van der Waals surface area contributed by atoms with Gasteiger partial charge in [0.15, 0.2) is 0 Å². The Morgan fingerprint density at radius 1 is 1.07 bits per heavy atom. The minimum Gasteiger partial charge on any atom is -0.444 e. The van der Waals surface area contributed by atoms with Crippen molar-refractivity contribution in [2.75, 3.05) is 25.5 Å². The van der Waals surface area contributed by atoms with Crippen LogP contribution in [0, 0.1) is 0 Å². The Labute approximate surface area is 158 Å². The van der Waals surface area contributed by atoms with Crippen molar-refractivity contribution in [1.29, 1.82) is 0 Å². The molecular weight excluding hydrogens is 344 g/mol. The molecule has 27 heavy (non-hydrogen) atoms. The van der Waals surface area contributed by atoms with Gasteiger partial charge in [0.2, 0.25) is 12.0 Å². The molecule has 0 bridgehead atoms. The van der Waals surface area contributed by atoms with Crippen LogP contribution in [0.1, 0.15) is 34.9 Å². The second kappa shape index (κ2) is 8.03. The fourth-order valence-electron chi connectivity index (χ4n) is 3.02. The van der Waals surface area contributed by atoms with Gasteiger partial charge in [0, 0.05) is 38.3 Å². The molecular formula is C21H22N2O4. The maximum absolute atomic E-state index is 12.7. The Morgan fingerprint density at radius 2 is 1.81 bits per heavy atom. The Bertz CT molecular complexity index is 848. The molecule has 0 aromatic heterocycles. The van der Waals surface area contributed by atoms with E-state index in [0.717, 1.165) is 6.42 Å². The fraction of sp³-hybridized carbons (Fsp3) is 0.286. The monoisotopic (exact) mass is 366 g/mol. The summed E-state index contributed by atoms with van der Waals surface area (Å²) in [6, 6.07) is 15.7. The number of carbonyl (C=O) groups excluding carboxylic acids is 3. The number of anilines is 1. The van der Waals surface area contributed by atoms with Crippen LogP contribution < -0.4 is 4.90 Å². The van der Waals surface area contributed by atoms with Crippen LogP contribution in [0.2, 0.25) is 0 Å². The number of ether oxygens (including phenoxy) is 1. The van der Waals surface area contributed by atoms with Gasteiger partial charge in [-0.15, -0.1) is 0 Å². The summed E-state index contributed by atoms with van der Waals surface area (Å²) < 4.78 is 5.56. The lowest BCUT2D eigenvalue weighted by molar-refractivity contribution is -0.138. The number of esters is 1. The third kappa shape index (κ3) is 4.16. The Balaban J connectivity index is 1.84. The van der Waals surface area contributed by atoms with Crippen LogP contribution in [0.3, 0.4) is 0 Å². The van der Waals surface area contributed by atoms with Gasteiger partial charge in [-0.05, 0) is 24.6 Å². The molecule has 1 saturated heterocycles. The minimum atomic E-state index is -1.02. The van der Waals surface area contributed by atoms with Crippen molar-refractivity contribution in [2.24, 2.45) is 0 Å². The van der Waals surface area contributed by atoms with Gasteiger partial charge in [-0.3, -0.25) is 9.59 Å². The number of likely N-dealkylation sites (N-methyl/N-ethyl adjacent to an activating group) is 1. The molecule has 1 unspecified atom stereocenters. The van der Waals surface area contributed by atoms with Gasteiger partial charge in [-0.2, -0.15) is 0 Å². The summed E-state index contributed by atoms with van der Waals surface area (Å²) in [6.45, 7) is 0.642. The molecule has 6 heteroatoms. The van der Waals surface area contributed by atoms with Crippen molar-refractivity contribution >= 4 is 23.5 Å². The molecule has 0 N–H and O–H groups in total. The van der Waals surface area contributed by atoms with Gasteiger partial charge >= 0.3 is 5.97 Å². The van der Waals surface area contributed by atoms with E-state index in [1.807, 2.05) is 6.07 Å². The van der Waals surface area contributed by atoms with Crippen molar-refractivity contribution in [3.05, 3.63) is 65.7 Å². The van der Waals surface area contributed by atoms with Gasteiger partial charge in [0.25, 0.3) is 5.91 Å². The summed E-state index contributed by atoms with van der Waals surface area (Å²) in [5.74, 6) is -0.876. The van der Waals surface area contributed by atoms with Crippen molar-refractivity contribution < 1.29 is 19.1 Å². The molecule has 0 spiro atoms. The van der Waals surface area contributed by atoms with Gasteiger partial charge in [-0.25, -0.2) is 4.79 Å². The molecule has 0 aliphatic carbocycles. The van der Waals surface area contributed by atoms with E-state index < -0.39 is 12.1 Å². The van der Waals surface area contributed by atoms with E-state index in [2.05, 4.69) is 0 Å². The molecule has 2 aromatic rings. The van der Waals surface area contributed by atoms with Crippen molar-refractivity contribution in [3.8, 4) is 0 Å². The van der Waals surface area contributed by atoms with E-state index >= 15 is 0 Å². The van der Waals surface area contributed by atoms with Crippen LogP contribution in [-0.2, 0) is 14.3 Å². The van der Waals surface area contributed by atoms with Crippen molar-refractivity contribution in [2.45, 2.75) is 18.9 Å². The fourth-order valence-corrected chi connectivity index (χ4v) is 3.02. The quantitative estimate of drug-likeness (QED) is 0.763. The molecule has 0 radical (unpaired) electrons. The molecule has 2 amide bonds. The maximum atomic E-state index is 12.7. The number of carbonyl (C=O) groups is 3. The lowest BCUT2D eigenvalue weighted by Gasteiger charge is -2.22. The summed E-state index contributed by atoms with van der Waals surface area (Å²) in [5.41, 5.74) is 1.58. The lowest BCUT2D eigenvalue weighted by Crippen LogP contribution is -2.31. The normalized spacial score (nSPS) is 14.7. The number of hydrogen-bond donors (Lipinski definition) is 0. The number of amides is 2. The Kier molecular flexibility index (Phi) is 5.54. The predicted molar refractivity (Wildman–Crippen MR) is 101 cm³/mol. The van der Waals surface area contributed by atoms with E-state index in [1.54, 1.807) is 67.5 Å². The zero-order valence-corrected chi connectivity index (χ0v) is 15.4. The smallest absolute Gasteiger partial charge is 0.339 e. The zero-order valence-electron chi connectivity index (χ0n) is 15.4. The van der Waals surface area contributed by atoms with E-state index in [0.29, 0.717) is 29.8 Å². The lowest BCUT2D eigenvalue weighted by atomic mass is 10.1. The first kappa shape index (κ1) is 18.6. The summed E-state index contributed by atoms with van der Waals surface area (Å²) in [4.78, 5) is 40.2. The van der Waals surface area contributed by atoms with E-state index in [4.69, 9.17) is 4.74 Å². The van der Waals surface area contributed by atoms with Crippen molar-refractivity contribution in [1.82, 2.24) is 4.90 Å². The van der Waals surface area contributed by atoms with Crippen molar-refractivity contribution in [3.63, 3.8) is 0 Å². The number of benzene rings is 2. The first-order chi connectivity index (χ1) is 13.0. The topological polar surface area (TPSA) is 66.9 Å². The molecule has 1 heterocycles. The third-order valence-corrected chi connectivity index (χ3v) is 4.46. The average Bonchev–Trinajstić information content (AvgIpc) is 3.12. The molecule has 0 saturated carbocycles. The largest absolute Gasteiger partial charge is 0.444 e. The standard InChI is InChI=1S/C21H22N2O4/c1-22(2)20(25)19(15-8-4-3-5-9-15)27-21(26)16-10-6-11-17(14-16)23-13-7-12-18(23)24/h3-6,8-11,14,19H,7,12-13H2,1-2H3. The zero-order chi connectivity index (χ0) is 19.4. The van der Waals surface area contributed by atoms with Crippen LogP contribution in [0.5, 0.6) is 0 Å². The van der Waals surface area contributed by atoms with Crippen LogP contribution in [0.25, 0.3) is 0 Å². The Morgan fingerprint density at radius 3 is 2.44 bits per heavy atom. The highest BCUT2D eigenvalue weighted by atomic mass is 16.5. The molecule has 3 rings (SSSR count). The molecule has 1 aliphatic heterocycles. The summed E-state index contributed by atoms with van der Waals surface area (Å²) in [7, 11) is 3.23. The second-order valence-electron chi connectivity index (χ2n) is 6.63. The highest BCUT2D eigenvalue weighted by Crippen LogP contribution is 2.25. The molecule has 6 nitrogen and oxygen atoms in total. The van der Waals surface area contributed by atoms with Crippen LogP contribution in [-0.4, -0.2) is 43.3 Å². The highest BCUT2D eigenvalue weighted by molar-refractivity contribution is 5.98. The maximum Gasteiger partial charge on any atom is 0.339 e. The summed E-state index contributed by atoms with van der Waals surface area (Å²) in [5, 5.41) is 0. The highest BCUT2D eigenvalue weighted by Gasteiger charge is 2.28. The summed E-state index contributed by atoms with van der Waals surface area (Å²) in [6.07, 6.45) is 0.300. The molecule has 2 aromatic carbocycles. The number of hydrogen-bond acceptors (Lipinski definition) is 4. The van der Waals surface area contributed by atoms with Crippen LogP contribution in [0.4, 0.5) is 5.69 Å². The van der Waals surface area contributed by atoms with E-state index in [1.165, 1.54) is 4.90 Å². The number of rotatable bonds is 5. The molecule has 140 valence electrons. The van der Waals surface area contributed by atoms with Gasteiger partial charge in [-0.1, -0.05) is 36.4 Å². The van der Waals surface area contributed by atoms with E-state index in [9.17, 15) is 14.4 Å².